The molecular weight excluding hydrogens is 624 g/mol. The van der Waals surface area contributed by atoms with Gasteiger partial charge in [0.25, 0.3) is 0 Å². The average Bonchev–Trinajstić information content (AvgIpc) is 3.07. The van der Waals surface area contributed by atoms with E-state index in [2.05, 4.69) is 21.3 Å². The fraction of sp³-hybridized carbons (Fsp3) is 0.471. The maximum Gasteiger partial charge on any atom is 0.345 e. The maximum atomic E-state index is 13.2. The normalized spacial score (nSPS) is 16.5. The van der Waals surface area contributed by atoms with Gasteiger partial charge in [-0.25, -0.2) is 9.59 Å². The number of amides is 1. The molecular formula is C34H44N4O10. The molecule has 3 rings (SSSR count). The maximum absolute atomic E-state index is 13.2. The molecule has 1 amide bonds. The van der Waals surface area contributed by atoms with Gasteiger partial charge in [0.1, 0.15) is 5.78 Å². The van der Waals surface area contributed by atoms with Crippen molar-refractivity contribution in [3.8, 4) is 0 Å². The first-order valence-electron chi connectivity index (χ1n) is 15.9. The van der Waals surface area contributed by atoms with E-state index in [4.69, 9.17) is 18.9 Å². The largest absolute Gasteiger partial charge is 0.389 e. The highest BCUT2D eigenvalue weighted by Crippen LogP contribution is 2.22. The van der Waals surface area contributed by atoms with Crippen molar-refractivity contribution >= 4 is 35.6 Å². The van der Waals surface area contributed by atoms with Gasteiger partial charge < -0.3 is 40.2 Å². The Hall–Kier alpha value is -4.34. The topological polar surface area (TPSA) is 187 Å². The lowest BCUT2D eigenvalue weighted by Crippen LogP contribution is -2.63. The highest BCUT2D eigenvalue weighted by atomic mass is 16.6. The molecule has 0 heterocycles. The predicted molar refractivity (Wildman–Crippen MR) is 173 cm³/mol. The van der Waals surface area contributed by atoms with Crippen molar-refractivity contribution in [1.82, 2.24) is 21.3 Å². The lowest BCUT2D eigenvalue weighted by Gasteiger charge is -2.41. The first kappa shape index (κ1) is 38.1. The highest BCUT2D eigenvalue weighted by molar-refractivity contribution is 5.99. The van der Waals surface area contributed by atoms with Crippen LogP contribution in [0.4, 0.5) is 0 Å². The zero-order valence-electron chi connectivity index (χ0n) is 27.2. The van der Waals surface area contributed by atoms with Gasteiger partial charge in [0.15, 0.2) is 0 Å². The Morgan fingerprint density at radius 3 is 1.58 bits per heavy atom. The minimum atomic E-state index is -1.08. The molecule has 2 aromatic carbocycles. The Labute approximate surface area is 279 Å². The molecule has 48 heavy (non-hydrogen) atoms. The second-order valence-corrected chi connectivity index (χ2v) is 11.1. The molecule has 14 nitrogen and oxygen atoms in total. The molecule has 0 radical (unpaired) electrons. The second-order valence-electron chi connectivity index (χ2n) is 11.1. The molecule has 0 saturated heterocycles. The molecule has 14 heteroatoms. The number of nitrogens with one attached hydrogen (secondary N) is 4. The fourth-order valence-electron chi connectivity index (χ4n) is 4.72. The number of ether oxygens (including phenoxy) is 4. The summed E-state index contributed by atoms with van der Waals surface area (Å²) in [6.45, 7) is 3.70. The van der Waals surface area contributed by atoms with Crippen molar-refractivity contribution in [2.75, 3.05) is 46.6 Å². The second kappa shape index (κ2) is 20.8. The standard InChI is InChI=1S/C34H44N4O10/c1-23(39)28(21-30(40)47-33(43)24-9-5-3-6-10-24)37-26-13-14-27(26)38-29(22-31(41)48-34(44)25-11-7-4-8-12-25)32(42)36-16-18-46-20-19-45-17-15-35-2/h3-12,26-29,35,37-38H,13-22H2,1-2H3,(H,36,42)/t26?,27?,28-,29-/m0/s1. The van der Waals surface area contributed by atoms with Crippen LogP contribution in [0.25, 0.3) is 0 Å². The molecule has 4 N–H and O–H groups in total. The number of carbonyl (C=O) groups excluding carboxylic acids is 6. The minimum absolute atomic E-state index is 0.161. The molecule has 0 spiro atoms. The number of carbonyl (C=O) groups is 6. The number of hydrogen-bond acceptors (Lipinski definition) is 13. The van der Waals surface area contributed by atoms with Crippen LogP contribution >= 0.6 is 0 Å². The summed E-state index contributed by atoms with van der Waals surface area (Å²) in [5, 5.41) is 12.0. The first-order chi connectivity index (χ1) is 23.2. The number of likely N-dealkylation sites (N-methyl/N-ethyl adjacent to an activating group) is 1. The molecule has 2 unspecified atom stereocenters. The third-order valence-corrected chi connectivity index (χ3v) is 7.50. The van der Waals surface area contributed by atoms with E-state index in [9.17, 15) is 28.8 Å². The molecule has 1 aliphatic carbocycles. The van der Waals surface area contributed by atoms with Crippen molar-refractivity contribution < 1.29 is 47.7 Å². The van der Waals surface area contributed by atoms with Crippen LogP contribution in [0, 0.1) is 0 Å². The molecule has 2 aromatic rings. The lowest BCUT2D eigenvalue weighted by molar-refractivity contribution is -0.141. The molecule has 1 fully saturated rings. The van der Waals surface area contributed by atoms with Gasteiger partial charge in [0.05, 0.1) is 62.5 Å². The van der Waals surface area contributed by atoms with Gasteiger partial charge in [-0.05, 0) is 51.1 Å². The number of esters is 4. The highest BCUT2D eigenvalue weighted by Gasteiger charge is 2.37. The number of benzene rings is 2. The average molecular weight is 669 g/mol. The Kier molecular flexibility index (Phi) is 16.5. The van der Waals surface area contributed by atoms with Crippen molar-refractivity contribution in [2.45, 2.75) is 56.8 Å². The number of ketones is 1. The Balaban J connectivity index is 1.56. The van der Waals surface area contributed by atoms with Crippen molar-refractivity contribution in [3.05, 3.63) is 71.8 Å². The van der Waals surface area contributed by atoms with Crippen LogP contribution in [0.1, 0.15) is 53.3 Å². The summed E-state index contributed by atoms with van der Waals surface area (Å²) in [5.41, 5.74) is 0.393. The number of Topliss-reactive ketones (excluding diaryl/α,β-unsaturated/α-hetero) is 1. The molecule has 0 bridgehead atoms. The van der Waals surface area contributed by atoms with Gasteiger partial charge >= 0.3 is 23.9 Å². The van der Waals surface area contributed by atoms with Crippen LogP contribution in [0.5, 0.6) is 0 Å². The van der Waals surface area contributed by atoms with Gasteiger partial charge in [-0.2, -0.15) is 0 Å². The summed E-state index contributed by atoms with van der Waals surface area (Å²) in [7, 11) is 1.83. The first-order valence-corrected chi connectivity index (χ1v) is 15.9. The van der Waals surface area contributed by atoms with E-state index < -0.39 is 48.3 Å². The zero-order valence-corrected chi connectivity index (χ0v) is 27.2. The van der Waals surface area contributed by atoms with Gasteiger partial charge in [-0.1, -0.05) is 36.4 Å². The van der Waals surface area contributed by atoms with E-state index in [0.29, 0.717) is 32.7 Å². The Morgan fingerprint density at radius 2 is 1.12 bits per heavy atom. The van der Waals surface area contributed by atoms with E-state index >= 15 is 0 Å². The van der Waals surface area contributed by atoms with Gasteiger partial charge in [0, 0.05) is 25.2 Å². The van der Waals surface area contributed by atoms with Gasteiger partial charge in [-0.3, -0.25) is 19.2 Å². The minimum Gasteiger partial charge on any atom is -0.389 e. The predicted octanol–water partition coefficient (Wildman–Crippen LogP) is 0.939. The summed E-state index contributed by atoms with van der Waals surface area (Å²) < 4.78 is 20.8. The number of hydrogen-bond donors (Lipinski definition) is 4. The van der Waals surface area contributed by atoms with E-state index in [1.165, 1.54) is 31.2 Å². The van der Waals surface area contributed by atoms with Crippen LogP contribution in [0.3, 0.4) is 0 Å². The van der Waals surface area contributed by atoms with E-state index in [1.807, 2.05) is 7.05 Å². The quantitative estimate of drug-likeness (QED) is 0.0837. The molecule has 0 aromatic heterocycles. The molecule has 260 valence electrons. The monoisotopic (exact) mass is 668 g/mol. The molecule has 0 aliphatic heterocycles. The van der Waals surface area contributed by atoms with Crippen molar-refractivity contribution in [1.29, 1.82) is 0 Å². The van der Waals surface area contributed by atoms with E-state index in [1.54, 1.807) is 36.4 Å². The van der Waals surface area contributed by atoms with Gasteiger partial charge in [0.2, 0.25) is 5.91 Å². The summed E-state index contributed by atoms with van der Waals surface area (Å²) in [6.07, 6.45) is 0.375. The van der Waals surface area contributed by atoms with Crippen LogP contribution in [-0.2, 0) is 38.1 Å². The van der Waals surface area contributed by atoms with Crippen LogP contribution in [-0.4, -0.2) is 106 Å². The fourth-order valence-corrected chi connectivity index (χ4v) is 4.72. The summed E-state index contributed by atoms with van der Waals surface area (Å²) in [5.74, 6) is -4.27. The third kappa shape index (κ3) is 13.4. The van der Waals surface area contributed by atoms with Crippen molar-refractivity contribution in [2.24, 2.45) is 0 Å². The zero-order chi connectivity index (χ0) is 34.7. The van der Waals surface area contributed by atoms with Crippen LogP contribution < -0.4 is 21.3 Å². The molecule has 1 aliphatic rings. The van der Waals surface area contributed by atoms with E-state index in [0.717, 1.165) is 6.54 Å². The smallest absolute Gasteiger partial charge is 0.345 e. The SMILES string of the molecule is CNCCOCCOCCNC(=O)[C@H](CC(=O)OC(=O)c1ccccc1)NC1CCC1N[C@@H](CC(=O)OC(=O)c1ccccc1)C(C)=O. The van der Waals surface area contributed by atoms with Crippen LogP contribution in [0.2, 0.25) is 0 Å². The lowest BCUT2D eigenvalue weighted by atomic mass is 9.84. The Bertz CT molecular complexity index is 1360. The third-order valence-electron chi connectivity index (χ3n) is 7.50. The number of rotatable bonds is 21. The summed E-state index contributed by atoms with van der Waals surface area (Å²) in [4.78, 5) is 75.6. The van der Waals surface area contributed by atoms with Crippen molar-refractivity contribution in [3.63, 3.8) is 0 Å². The molecule has 1 saturated carbocycles. The Morgan fingerprint density at radius 1 is 0.667 bits per heavy atom. The summed E-state index contributed by atoms with van der Waals surface area (Å²) >= 11 is 0. The van der Waals surface area contributed by atoms with E-state index in [-0.39, 0.29) is 48.6 Å². The molecule has 4 atom stereocenters. The van der Waals surface area contributed by atoms with Gasteiger partial charge in [-0.15, -0.1) is 0 Å². The van der Waals surface area contributed by atoms with Crippen LogP contribution in [0.15, 0.2) is 60.7 Å². The summed E-state index contributed by atoms with van der Waals surface area (Å²) in [6, 6.07) is 13.3.